The summed E-state index contributed by atoms with van der Waals surface area (Å²) in [6.45, 7) is 5.89. The van der Waals surface area contributed by atoms with Crippen molar-refractivity contribution >= 4 is 17.6 Å². The smallest absolute Gasteiger partial charge is 0.397 e. The molecule has 5 heteroatoms. The number of carbonyl (C=O) groups is 2. The molecule has 1 aromatic carbocycles. The van der Waals surface area contributed by atoms with Crippen LogP contribution in [0.5, 0.6) is 5.75 Å². The molecule has 1 aromatic rings. The molecule has 0 saturated heterocycles. The van der Waals surface area contributed by atoms with E-state index in [4.69, 9.17) is 4.74 Å². The van der Waals surface area contributed by atoms with E-state index in [1.54, 1.807) is 19.1 Å². The molecule has 0 radical (unpaired) electrons. The van der Waals surface area contributed by atoms with Crippen LogP contribution in [0.15, 0.2) is 18.2 Å². The van der Waals surface area contributed by atoms with Crippen molar-refractivity contribution in [1.29, 1.82) is 0 Å². The fourth-order valence-electron chi connectivity index (χ4n) is 1.55. The Bertz CT molecular complexity index is 469. The first-order valence-corrected chi connectivity index (χ1v) is 6.15. The normalized spacial score (nSPS) is 10.2. The number of amides is 1. The summed E-state index contributed by atoms with van der Waals surface area (Å²) >= 11 is 0. The summed E-state index contributed by atoms with van der Waals surface area (Å²) in [6.07, 6.45) is 0. The summed E-state index contributed by atoms with van der Waals surface area (Å²) in [5.41, 5.74) is 1.51. The van der Waals surface area contributed by atoms with Crippen LogP contribution in [-0.2, 0) is 14.3 Å². The number of ether oxygens (including phenoxy) is 2. The van der Waals surface area contributed by atoms with Crippen molar-refractivity contribution < 1.29 is 19.1 Å². The molecule has 5 nitrogen and oxygen atoms in total. The van der Waals surface area contributed by atoms with Crippen molar-refractivity contribution in [3.63, 3.8) is 0 Å². The fourth-order valence-corrected chi connectivity index (χ4v) is 1.55. The molecule has 104 valence electrons. The molecule has 0 spiro atoms. The average molecular weight is 265 g/mol. The molecule has 0 fully saturated rings. The number of hydrogen-bond donors (Lipinski definition) is 1. The number of hydrogen-bond acceptors (Lipinski definition) is 4. The Balaban J connectivity index is 2.94. The van der Waals surface area contributed by atoms with Gasteiger partial charge >= 0.3 is 11.9 Å². The van der Waals surface area contributed by atoms with Gasteiger partial charge in [-0.25, -0.2) is 4.79 Å². The number of carbonyl (C=O) groups excluding carboxylic acids is 2. The highest BCUT2D eigenvalue weighted by Crippen LogP contribution is 2.28. The zero-order valence-electron chi connectivity index (χ0n) is 11.6. The third-order valence-electron chi connectivity index (χ3n) is 2.60. The Labute approximate surface area is 112 Å². The minimum atomic E-state index is -0.903. The van der Waals surface area contributed by atoms with Gasteiger partial charge in [-0.1, -0.05) is 19.9 Å². The predicted octanol–water partition coefficient (Wildman–Crippen LogP) is 2.32. The van der Waals surface area contributed by atoms with Crippen LogP contribution in [0.1, 0.15) is 32.3 Å². The van der Waals surface area contributed by atoms with E-state index < -0.39 is 11.9 Å². The highest BCUT2D eigenvalue weighted by atomic mass is 16.5. The zero-order chi connectivity index (χ0) is 14.4. The van der Waals surface area contributed by atoms with Gasteiger partial charge in [0.05, 0.1) is 19.4 Å². The molecule has 1 rings (SSSR count). The molecule has 0 atom stereocenters. The maximum Gasteiger partial charge on any atom is 0.397 e. The number of anilines is 1. The minimum Gasteiger partial charge on any atom is -0.495 e. The first-order chi connectivity index (χ1) is 8.99. The van der Waals surface area contributed by atoms with Crippen LogP contribution in [0.25, 0.3) is 0 Å². The van der Waals surface area contributed by atoms with Gasteiger partial charge < -0.3 is 14.8 Å². The Kier molecular flexibility index (Phi) is 5.36. The summed E-state index contributed by atoms with van der Waals surface area (Å²) < 4.78 is 9.79. The van der Waals surface area contributed by atoms with Gasteiger partial charge in [-0.05, 0) is 30.5 Å². The monoisotopic (exact) mass is 265 g/mol. The van der Waals surface area contributed by atoms with E-state index in [2.05, 4.69) is 10.1 Å². The van der Waals surface area contributed by atoms with Crippen LogP contribution in [0.4, 0.5) is 5.69 Å². The molecule has 1 amide bonds. The third kappa shape index (κ3) is 3.98. The Morgan fingerprint density at radius 3 is 2.53 bits per heavy atom. The van der Waals surface area contributed by atoms with E-state index in [-0.39, 0.29) is 6.61 Å². The molecule has 0 saturated carbocycles. The van der Waals surface area contributed by atoms with Crippen LogP contribution in [0, 0.1) is 0 Å². The van der Waals surface area contributed by atoms with Crippen LogP contribution in [0.2, 0.25) is 0 Å². The van der Waals surface area contributed by atoms with Crippen LogP contribution in [0.3, 0.4) is 0 Å². The van der Waals surface area contributed by atoms with Crippen molar-refractivity contribution in [2.24, 2.45) is 0 Å². The van der Waals surface area contributed by atoms with Gasteiger partial charge in [0, 0.05) is 0 Å². The third-order valence-corrected chi connectivity index (χ3v) is 2.60. The molecule has 0 unspecified atom stereocenters. The second-order valence-corrected chi connectivity index (χ2v) is 4.29. The van der Waals surface area contributed by atoms with Crippen molar-refractivity contribution in [3.8, 4) is 5.75 Å². The maximum absolute atomic E-state index is 11.6. The molecule has 0 aromatic heterocycles. The lowest BCUT2D eigenvalue weighted by molar-refractivity contribution is -0.152. The van der Waals surface area contributed by atoms with Crippen molar-refractivity contribution in [2.45, 2.75) is 26.7 Å². The quantitative estimate of drug-likeness (QED) is 0.670. The predicted molar refractivity (Wildman–Crippen MR) is 72.3 cm³/mol. The summed E-state index contributed by atoms with van der Waals surface area (Å²) in [5, 5.41) is 2.50. The Hall–Kier alpha value is -2.04. The van der Waals surface area contributed by atoms with Gasteiger partial charge in [-0.2, -0.15) is 0 Å². The molecule has 0 aliphatic heterocycles. The SMILES string of the molecule is CCOC(=O)C(=O)Nc1cc(C(C)C)ccc1OC. The van der Waals surface area contributed by atoms with E-state index in [0.717, 1.165) is 5.56 Å². The lowest BCUT2D eigenvalue weighted by atomic mass is 10.0. The molecule has 0 aliphatic carbocycles. The van der Waals surface area contributed by atoms with E-state index in [1.165, 1.54) is 7.11 Å². The summed E-state index contributed by atoms with van der Waals surface area (Å²) in [7, 11) is 1.50. The number of rotatable bonds is 4. The number of esters is 1. The standard InChI is InChI=1S/C14H19NO4/c1-5-19-14(17)13(16)15-11-8-10(9(2)3)6-7-12(11)18-4/h6-9H,5H2,1-4H3,(H,15,16). The van der Waals surface area contributed by atoms with Gasteiger partial charge in [0.1, 0.15) is 5.75 Å². The van der Waals surface area contributed by atoms with Gasteiger partial charge in [-0.3, -0.25) is 4.79 Å². The van der Waals surface area contributed by atoms with Gasteiger partial charge in [-0.15, -0.1) is 0 Å². The van der Waals surface area contributed by atoms with E-state index in [0.29, 0.717) is 17.4 Å². The van der Waals surface area contributed by atoms with Crippen LogP contribution < -0.4 is 10.1 Å². The fraction of sp³-hybridized carbons (Fsp3) is 0.429. The highest BCUT2D eigenvalue weighted by Gasteiger charge is 2.17. The Morgan fingerprint density at radius 2 is 2.00 bits per heavy atom. The topological polar surface area (TPSA) is 64.6 Å². The first-order valence-electron chi connectivity index (χ1n) is 6.15. The molecule has 0 bridgehead atoms. The van der Waals surface area contributed by atoms with Crippen molar-refractivity contribution in [2.75, 3.05) is 19.0 Å². The van der Waals surface area contributed by atoms with Crippen molar-refractivity contribution in [3.05, 3.63) is 23.8 Å². The van der Waals surface area contributed by atoms with E-state index in [9.17, 15) is 9.59 Å². The van der Waals surface area contributed by atoms with Gasteiger partial charge in [0.2, 0.25) is 0 Å². The lowest BCUT2D eigenvalue weighted by Gasteiger charge is -2.13. The van der Waals surface area contributed by atoms with E-state index in [1.807, 2.05) is 19.9 Å². The van der Waals surface area contributed by atoms with Gasteiger partial charge in [0.15, 0.2) is 0 Å². The second kappa shape index (κ2) is 6.78. The van der Waals surface area contributed by atoms with Gasteiger partial charge in [0.25, 0.3) is 0 Å². The summed E-state index contributed by atoms with van der Waals surface area (Å²) in [6, 6.07) is 5.47. The molecule has 19 heavy (non-hydrogen) atoms. The molecular formula is C14H19NO4. The molecule has 1 N–H and O–H groups in total. The summed E-state index contributed by atoms with van der Waals surface area (Å²) in [5.74, 6) is -0.897. The van der Waals surface area contributed by atoms with Crippen LogP contribution >= 0.6 is 0 Å². The summed E-state index contributed by atoms with van der Waals surface area (Å²) in [4.78, 5) is 22.9. The molecule has 0 heterocycles. The average Bonchev–Trinajstić information content (AvgIpc) is 2.38. The van der Waals surface area contributed by atoms with Crippen LogP contribution in [-0.4, -0.2) is 25.6 Å². The maximum atomic E-state index is 11.6. The number of benzene rings is 1. The number of methoxy groups -OCH3 is 1. The largest absolute Gasteiger partial charge is 0.495 e. The number of nitrogens with one attached hydrogen (secondary N) is 1. The van der Waals surface area contributed by atoms with Crippen molar-refractivity contribution in [1.82, 2.24) is 0 Å². The Morgan fingerprint density at radius 1 is 1.32 bits per heavy atom. The second-order valence-electron chi connectivity index (χ2n) is 4.29. The highest BCUT2D eigenvalue weighted by molar-refractivity contribution is 6.37. The molecular weight excluding hydrogens is 246 g/mol. The lowest BCUT2D eigenvalue weighted by Crippen LogP contribution is -2.25. The first kappa shape index (κ1) is 15.0. The molecule has 0 aliphatic rings. The van der Waals surface area contributed by atoms with E-state index >= 15 is 0 Å². The zero-order valence-corrected chi connectivity index (χ0v) is 11.6. The minimum absolute atomic E-state index is 0.162.